The van der Waals surface area contributed by atoms with E-state index in [2.05, 4.69) is 15.6 Å². The number of benzene rings is 2. The molecule has 0 spiro atoms. The van der Waals surface area contributed by atoms with Gasteiger partial charge in [-0.1, -0.05) is 49.4 Å². The van der Waals surface area contributed by atoms with E-state index in [4.69, 9.17) is 0 Å². The molecule has 3 aromatic rings. The van der Waals surface area contributed by atoms with Crippen LogP contribution in [0.2, 0.25) is 0 Å². The molecule has 5 nitrogen and oxygen atoms in total. The fourth-order valence-electron chi connectivity index (χ4n) is 2.94. The molecule has 7 heteroatoms. The minimum atomic E-state index is -0.626. The molecule has 2 aromatic carbocycles. The summed E-state index contributed by atoms with van der Waals surface area (Å²) in [6.07, 6.45) is 3.38. The van der Waals surface area contributed by atoms with Crippen LogP contribution in [-0.2, 0) is 11.2 Å². The van der Waals surface area contributed by atoms with Crippen LogP contribution in [0.4, 0.5) is 5.13 Å². The number of amides is 2. The Kier molecular flexibility index (Phi) is 8.04. The molecule has 0 saturated heterocycles. The molecule has 30 heavy (non-hydrogen) atoms. The second kappa shape index (κ2) is 10.9. The monoisotopic (exact) mass is 439 g/mol. The largest absolute Gasteiger partial charge is 0.340 e. The molecule has 0 aliphatic carbocycles. The first-order valence-electron chi connectivity index (χ1n) is 9.81. The van der Waals surface area contributed by atoms with Crippen LogP contribution in [-0.4, -0.2) is 34.8 Å². The minimum Gasteiger partial charge on any atom is -0.340 e. The second-order valence-corrected chi connectivity index (χ2v) is 8.60. The molecule has 0 aliphatic heterocycles. The van der Waals surface area contributed by atoms with E-state index in [-0.39, 0.29) is 11.8 Å². The van der Waals surface area contributed by atoms with E-state index in [0.717, 1.165) is 29.0 Å². The quantitative estimate of drug-likeness (QED) is 0.499. The molecule has 1 aromatic heterocycles. The number of hydrogen-bond acceptors (Lipinski definition) is 5. The Bertz CT molecular complexity index is 989. The Hall–Kier alpha value is -2.64. The molecule has 1 atom stereocenters. The first kappa shape index (κ1) is 22.1. The van der Waals surface area contributed by atoms with Crippen LogP contribution in [0.1, 0.15) is 29.3 Å². The highest BCUT2D eigenvalue weighted by atomic mass is 32.2. The maximum Gasteiger partial charge on any atom is 0.251 e. The van der Waals surface area contributed by atoms with Crippen molar-refractivity contribution >= 4 is 40.0 Å². The molecule has 2 N–H and O–H groups in total. The van der Waals surface area contributed by atoms with Crippen LogP contribution >= 0.6 is 23.1 Å². The van der Waals surface area contributed by atoms with Gasteiger partial charge in [-0.15, -0.1) is 11.3 Å². The predicted molar refractivity (Wildman–Crippen MR) is 126 cm³/mol. The molecule has 1 unspecified atom stereocenters. The van der Waals surface area contributed by atoms with Crippen molar-refractivity contribution in [3.8, 4) is 11.3 Å². The lowest BCUT2D eigenvalue weighted by atomic mass is 10.1. The summed E-state index contributed by atoms with van der Waals surface area (Å²) in [5.74, 6) is 0.272. The van der Waals surface area contributed by atoms with Crippen LogP contribution in [0.5, 0.6) is 0 Å². The van der Waals surface area contributed by atoms with Gasteiger partial charge in [-0.3, -0.25) is 9.59 Å². The zero-order valence-electron chi connectivity index (χ0n) is 17.1. The lowest BCUT2D eigenvalue weighted by Crippen LogP contribution is -2.44. The average molecular weight is 440 g/mol. The lowest BCUT2D eigenvalue weighted by Gasteiger charge is -2.17. The van der Waals surface area contributed by atoms with Crippen molar-refractivity contribution in [3.05, 3.63) is 71.1 Å². The van der Waals surface area contributed by atoms with E-state index in [0.29, 0.717) is 17.1 Å². The Morgan fingerprint density at radius 3 is 2.67 bits per heavy atom. The first-order chi connectivity index (χ1) is 14.6. The zero-order valence-corrected chi connectivity index (χ0v) is 18.7. The molecule has 0 aliphatic rings. The fraction of sp³-hybridized carbons (Fsp3) is 0.261. The van der Waals surface area contributed by atoms with Gasteiger partial charge in [0.15, 0.2) is 5.13 Å². The van der Waals surface area contributed by atoms with Gasteiger partial charge in [0.25, 0.3) is 5.91 Å². The number of nitrogens with zero attached hydrogens (tertiary/aromatic N) is 1. The molecule has 0 radical (unpaired) electrons. The second-order valence-electron chi connectivity index (χ2n) is 6.75. The van der Waals surface area contributed by atoms with Gasteiger partial charge in [-0.05, 0) is 42.5 Å². The average Bonchev–Trinajstić information content (AvgIpc) is 3.25. The predicted octanol–water partition coefficient (Wildman–Crippen LogP) is 4.86. The van der Waals surface area contributed by atoms with Crippen molar-refractivity contribution in [1.82, 2.24) is 10.3 Å². The van der Waals surface area contributed by atoms with Gasteiger partial charge in [0, 0.05) is 16.5 Å². The van der Waals surface area contributed by atoms with Gasteiger partial charge in [-0.25, -0.2) is 4.98 Å². The first-order valence-corrected chi connectivity index (χ1v) is 12.1. The molecule has 0 fully saturated rings. The SMILES string of the molecule is CCc1cccc(C(=O)NC(CCSC)C(=O)Nc2nc(-c3ccccc3)cs2)c1. The van der Waals surface area contributed by atoms with Crippen molar-refractivity contribution < 1.29 is 9.59 Å². The van der Waals surface area contributed by atoms with Gasteiger partial charge >= 0.3 is 0 Å². The Morgan fingerprint density at radius 2 is 1.93 bits per heavy atom. The third kappa shape index (κ3) is 5.93. The molecular formula is C23H25N3O2S2. The summed E-state index contributed by atoms with van der Waals surface area (Å²) in [5, 5.41) is 8.19. The number of carbonyl (C=O) groups is 2. The van der Waals surface area contributed by atoms with Crippen molar-refractivity contribution in [2.24, 2.45) is 0 Å². The summed E-state index contributed by atoms with van der Waals surface area (Å²) in [6.45, 7) is 2.05. The van der Waals surface area contributed by atoms with E-state index >= 15 is 0 Å². The number of anilines is 1. The standard InChI is InChI=1S/C23H25N3O2S2/c1-3-16-8-7-11-18(14-16)21(27)24-19(12-13-29-2)22(28)26-23-25-20(15-30-23)17-9-5-4-6-10-17/h4-11,14-15,19H,3,12-13H2,1-2H3,(H,24,27)(H,25,26,28). The highest BCUT2D eigenvalue weighted by Gasteiger charge is 2.22. The van der Waals surface area contributed by atoms with E-state index < -0.39 is 6.04 Å². The molecule has 3 rings (SSSR count). The van der Waals surface area contributed by atoms with Gasteiger partial charge < -0.3 is 10.6 Å². The number of nitrogens with one attached hydrogen (secondary N) is 2. The number of aryl methyl sites for hydroxylation is 1. The summed E-state index contributed by atoms with van der Waals surface area (Å²) < 4.78 is 0. The van der Waals surface area contributed by atoms with Crippen molar-refractivity contribution in [2.45, 2.75) is 25.8 Å². The Balaban J connectivity index is 1.69. The van der Waals surface area contributed by atoms with E-state index in [1.807, 2.05) is 67.1 Å². The van der Waals surface area contributed by atoms with E-state index in [1.54, 1.807) is 17.8 Å². The van der Waals surface area contributed by atoms with Crippen LogP contribution in [0.25, 0.3) is 11.3 Å². The van der Waals surface area contributed by atoms with Gasteiger partial charge in [-0.2, -0.15) is 11.8 Å². The molecular weight excluding hydrogens is 414 g/mol. The van der Waals surface area contributed by atoms with Gasteiger partial charge in [0.1, 0.15) is 6.04 Å². The van der Waals surface area contributed by atoms with Crippen LogP contribution in [0, 0.1) is 0 Å². The number of hydrogen-bond donors (Lipinski definition) is 2. The van der Waals surface area contributed by atoms with Gasteiger partial charge in [0.2, 0.25) is 5.91 Å². The normalized spacial score (nSPS) is 11.7. The van der Waals surface area contributed by atoms with Crippen molar-refractivity contribution in [1.29, 1.82) is 0 Å². The maximum absolute atomic E-state index is 12.9. The zero-order chi connectivity index (χ0) is 21.3. The number of carbonyl (C=O) groups excluding carboxylic acids is 2. The van der Waals surface area contributed by atoms with E-state index in [1.165, 1.54) is 11.3 Å². The highest BCUT2D eigenvalue weighted by molar-refractivity contribution is 7.98. The smallest absolute Gasteiger partial charge is 0.251 e. The lowest BCUT2D eigenvalue weighted by molar-refractivity contribution is -0.118. The molecule has 156 valence electrons. The van der Waals surface area contributed by atoms with Crippen molar-refractivity contribution in [2.75, 3.05) is 17.3 Å². The third-order valence-corrected chi connectivity index (χ3v) is 6.04. The molecule has 0 saturated carbocycles. The summed E-state index contributed by atoms with van der Waals surface area (Å²) in [6, 6.07) is 16.7. The topological polar surface area (TPSA) is 71.1 Å². The Morgan fingerprint density at radius 1 is 1.13 bits per heavy atom. The molecule has 1 heterocycles. The summed E-state index contributed by atoms with van der Waals surface area (Å²) in [7, 11) is 0. The third-order valence-electron chi connectivity index (χ3n) is 4.63. The number of rotatable bonds is 9. The maximum atomic E-state index is 12.9. The molecule has 2 amide bonds. The molecule has 0 bridgehead atoms. The van der Waals surface area contributed by atoms with Crippen LogP contribution in [0.15, 0.2) is 60.0 Å². The summed E-state index contributed by atoms with van der Waals surface area (Å²) >= 11 is 3.01. The number of thioether (sulfide) groups is 1. The highest BCUT2D eigenvalue weighted by Crippen LogP contribution is 2.24. The Labute approximate surface area is 185 Å². The number of aromatic nitrogens is 1. The summed E-state index contributed by atoms with van der Waals surface area (Å²) in [5.41, 5.74) is 3.47. The van der Waals surface area contributed by atoms with E-state index in [9.17, 15) is 9.59 Å². The van der Waals surface area contributed by atoms with Crippen LogP contribution in [0.3, 0.4) is 0 Å². The van der Waals surface area contributed by atoms with Gasteiger partial charge in [0.05, 0.1) is 5.69 Å². The number of thiazole rings is 1. The summed E-state index contributed by atoms with van der Waals surface area (Å²) in [4.78, 5) is 30.1. The minimum absolute atomic E-state index is 0.240. The van der Waals surface area contributed by atoms with Crippen molar-refractivity contribution in [3.63, 3.8) is 0 Å². The van der Waals surface area contributed by atoms with Crippen LogP contribution < -0.4 is 10.6 Å². The fourth-order valence-corrected chi connectivity index (χ4v) is 4.14.